The minimum Gasteiger partial charge on any atom is -0.491 e. The molecule has 1 fully saturated rings. The summed E-state index contributed by atoms with van der Waals surface area (Å²) in [7, 11) is 0. The number of halogens is 1. The number of nitrogens with two attached hydrogens (primary N) is 1. The fourth-order valence-electron chi connectivity index (χ4n) is 2.10. The molecule has 1 unspecified atom stereocenters. The quantitative estimate of drug-likeness (QED) is 0.646. The van der Waals surface area contributed by atoms with Gasteiger partial charge in [-0.1, -0.05) is 18.5 Å². The van der Waals surface area contributed by atoms with E-state index in [0.29, 0.717) is 31.5 Å². The molecule has 116 valence electrons. The number of hydrogen-bond donors (Lipinski definition) is 1. The number of nitrogen functional groups attached to an aromatic ring is 1. The largest absolute Gasteiger partial charge is 0.491 e. The van der Waals surface area contributed by atoms with Crippen molar-refractivity contribution in [3.05, 3.63) is 22.7 Å². The van der Waals surface area contributed by atoms with E-state index in [1.807, 2.05) is 6.92 Å². The molecule has 1 aromatic rings. The first-order chi connectivity index (χ1) is 10.1. The van der Waals surface area contributed by atoms with Gasteiger partial charge in [0.25, 0.3) is 0 Å². The highest BCUT2D eigenvalue weighted by molar-refractivity contribution is 6.34. The first-order valence-electron chi connectivity index (χ1n) is 7.09. The fourth-order valence-corrected chi connectivity index (χ4v) is 2.34. The van der Waals surface area contributed by atoms with Gasteiger partial charge >= 0.3 is 5.97 Å². The Morgan fingerprint density at radius 2 is 2.33 bits per heavy atom. The molecular formula is C15H20ClNO4. The molecule has 2 N–H and O–H groups in total. The van der Waals surface area contributed by atoms with Gasteiger partial charge in [0.15, 0.2) is 0 Å². The van der Waals surface area contributed by atoms with Gasteiger partial charge in [0.05, 0.1) is 30.5 Å². The number of benzene rings is 1. The molecule has 1 aliphatic heterocycles. The molecule has 0 saturated carbocycles. The van der Waals surface area contributed by atoms with Crippen molar-refractivity contribution in [2.75, 3.05) is 32.2 Å². The normalized spacial score (nSPS) is 17.7. The van der Waals surface area contributed by atoms with Crippen LogP contribution in [0.3, 0.4) is 0 Å². The highest BCUT2D eigenvalue weighted by Gasteiger charge is 2.21. The summed E-state index contributed by atoms with van der Waals surface area (Å²) in [6.45, 7) is 4.22. The topological polar surface area (TPSA) is 70.8 Å². The van der Waals surface area contributed by atoms with Gasteiger partial charge in [-0.3, -0.25) is 0 Å². The van der Waals surface area contributed by atoms with Crippen LogP contribution in [0.2, 0.25) is 5.02 Å². The lowest BCUT2D eigenvalue weighted by molar-refractivity contribution is 0.0506. The van der Waals surface area contributed by atoms with Crippen molar-refractivity contribution in [3.8, 4) is 5.75 Å². The maximum Gasteiger partial charge on any atom is 0.341 e. The molecule has 1 atom stereocenters. The van der Waals surface area contributed by atoms with Gasteiger partial charge in [-0.15, -0.1) is 0 Å². The van der Waals surface area contributed by atoms with Gasteiger partial charge in [-0.25, -0.2) is 4.79 Å². The molecule has 1 aromatic carbocycles. The summed E-state index contributed by atoms with van der Waals surface area (Å²) in [6.07, 6.45) is 1.71. The number of hydrogen-bond acceptors (Lipinski definition) is 5. The highest BCUT2D eigenvalue weighted by atomic mass is 35.5. The molecule has 6 heteroatoms. The summed E-state index contributed by atoms with van der Waals surface area (Å²) in [5.41, 5.74) is 6.40. The van der Waals surface area contributed by atoms with Crippen molar-refractivity contribution in [1.29, 1.82) is 0 Å². The predicted octanol–water partition coefficient (Wildman–Crippen LogP) is 2.90. The molecule has 0 spiro atoms. The Bertz CT molecular complexity index is 501. The van der Waals surface area contributed by atoms with Crippen molar-refractivity contribution >= 4 is 23.3 Å². The van der Waals surface area contributed by atoms with Crippen LogP contribution < -0.4 is 10.5 Å². The number of rotatable bonds is 6. The van der Waals surface area contributed by atoms with E-state index in [-0.39, 0.29) is 16.3 Å². The second-order valence-corrected chi connectivity index (χ2v) is 5.42. The summed E-state index contributed by atoms with van der Waals surface area (Å²) >= 11 is 6.05. The SMILES string of the molecule is CCCOC(=O)c1c(Cl)ccc(OCC2CCOC2)c1N. The van der Waals surface area contributed by atoms with Crippen molar-refractivity contribution in [2.24, 2.45) is 5.92 Å². The van der Waals surface area contributed by atoms with Gasteiger partial charge in [0.2, 0.25) is 0 Å². The molecule has 21 heavy (non-hydrogen) atoms. The van der Waals surface area contributed by atoms with Crippen LogP contribution in [-0.2, 0) is 9.47 Å². The van der Waals surface area contributed by atoms with Gasteiger partial charge in [0.1, 0.15) is 11.3 Å². The third-order valence-corrected chi connectivity index (χ3v) is 3.61. The summed E-state index contributed by atoms with van der Waals surface area (Å²) in [5, 5.41) is 0.269. The maximum absolute atomic E-state index is 12.0. The zero-order valence-electron chi connectivity index (χ0n) is 12.1. The molecule has 1 heterocycles. The van der Waals surface area contributed by atoms with Crippen LogP contribution in [0.5, 0.6) is 5.75 Å². The van der Waals surface area contributed by atoms with Gasteiger partial charge < -0.3 is 19.9 Å². The smallest absolute Gasteiger partial charge is 0.341 e. The minimum absolute atomic E-state index is 0.172. The molecule has 0 radical (unpaired) electrons. The zero-order valence-corrected chi connectivity index (χ0v) is 12.8. The molecule has 0 aliphatic carbocycles. The monoisotopic (exact) mass is 313 g/mol. The van der Waals surface area contributed by atoms with Crippen LogP contribution in [0.1, 0.15) is 30.1 Å². The Balaban J connectivity index is 2.09. The number of esters is 1. The van der Waals surface area contributed by atoms with Gasteiger partial charge in [0, 0.05) is 12.5 Å². The summed E-state index contributed by atoms with van der Waals surface area (Å²) in [6, 6.07) is 3.27. The van der Waals surface area contributed by atoms with Crippen LogP contribution >= 0.6 is 11.6 Å². The summed E-state index contributed by atoms with van der Waals surface area (Å²) in [5.74, 6) is 0.291. The first-order valence-corrected chi connectivity index (χ1v) is 7.47. The minimum atomic E-state index is -0.519. The number of anilines is 1. The van der Waals surface area contributed by atoms with E-state index in [4.69, 9.17) is 31.5 Å². The average molecular weight is 314 g/mol. The van der Waals surface area contributed by atoms with Crippen molar-refractivity contribution in [2.45, 2.75) is 19.8 Å². The van der Waals surface area contributed by atoms with E-state index in [1.165, 1.54) is 0 Å². The standard InChI is InChI=1S/C15H20ClNO4/c1-2-6-20-15(18)13-11(16)3-4-12(14(13)17)21-9-10-5-7-19-8-10/h3-4,10H,2,5-9,17H2,1H3. The molecule has 0 aromatic heterocycles. The maximum atomic E-state index is 12.0. The Morgan fingerprint density at radius 3 is 3.00 bits per heavy atom. The van der Waals surface area contributed by atoms with Crippen LogP contribution in [0, 0.1) is 5.92 Å². The number of ether oxygens (including phenoxy) is 3. The van der Waals surface area contributed by atoms with Crippen LogP contribution in [0.15, 0.2) is 12.1 Å². The van der Waals surface area contributed by atoms with Gasteiger partial charge in [-0.05, 0) is 25.0 Å². The molecule has 0 amide bonds. The average Bonchev–Trinajstić information content (AvgIpc) is 2.97. The van der Waals surface area contributed by atoms with E-state index >= 15 is 0 Å². The lowest BCUT2D eigenvalue weighted by Crippen LogP contribution is -2.14. The van der Waals surface area contributed by atoms with E-state index in [9.17, 15) is 4.79 Å². The summed E-state index contributed by atoms with van der Waals surface area (Å²) < 4.78 is 16.1. The van der Waals surface area contributed by atoms with Crippen molar-refractivity contribution < 1.29 is 19.0 Å². The molecule has 5 nitrogen and oxygen atoms in total. The first kappa shape index (κ1) is 15.9. The van der Waals surface area contributed by atoms with Gasteiger partial charge in [-0.2, -0.15) is 0 Å². The highest BCUT2D eigenvalue weighted by Crippen LogP contribution is 2.32. The number of carbonyl (C=O) groups is 1. The Hall–Kier alpha value is -1.46. The molecule has 1 aliphatic rings. The lowest BCUT2D eigenvalue weighted by Gasteiger charge is -2.15. The van der Waals surface area contributed by atoms with Crippen molar-refractivity contribution in [1.82, 2.24) is 0 Å². The Morgan fingerprint density at radius 1 is 1.52 bits per heavy atom. The Kier molecular flexibility index (Phi) is 5.70. The van der Waals surface area contributed by atoms with Crippen LogP contribution in [-0.4, -0.2) is 32.4 Å². The zero-order chi connectivity index (χ0) is 15.2. The predicted molar refractivity (Wildman–Crippen MR) is 80.9 cm³/mol. The third kappa shape index (κ3) is 4.02. The van der Waals surface area contributed by atoms with E-state index in [1.54, 1.807) is 12.1 Å². The van der Waals surface area contributed by atoms with E-state index in [2.05, 4.69) is 0 Å². The molecule has 1 saturated heterocycles. The second kappa shape index (κ2) is 7.52. The van der Waals surface area contributed by atoms with Crippen molar-refractivity contribution in [3.63, 3.8) is 0 Å². The molecular weight excluding hydrogens is 294 g/mol. The second-order valence-electron chi connectivity index (χ2n) is 5.01. The molecule has 0 bridgehead atoms. The Labute approximate surface area is 129 Å². The summed E-state index contributed by atoms with van der Waals surface area (Å²) in [4.78, 5) is 12.0. The third-order valence-electron chi connectivity index (χ3n) is 3.29. The van der Waals surface area contributed by atoms with Crippen LogP contribution in [0.25, 0.3) is 0 Å². The molecule has 2 rings (SSSR count). The van der Waals surface area contributed by atoms with E-state index < -0.39 is 5.97 Å². The van der Waals surface area contributed by atoms with E-state index in [0.717, 1.165) is 19.4 Å². The fraction of sp³-hybridized carbons (Fsp3) is 0.533. The lowest BCUT2D eigenvalue weighted by atomic mass is 10.1. The number of carbonyl (C=O) groups excluding carboxylic acids is 1. The van der Waals surface area contributed by atoms with Crippen LogP contribution in [0.4, 0.5) is 5.69 Å².